The first-order valence-electron chi connectivity index (χ1n) is 6.21. The Morgan fingerprint density at radius 2 is 0.824 bits per heavy atom. The van der Waals surface area contributed by atoms with Crippen LogP contribution in [-0.2, 0) is 21.8 Å². The smallest absolute Gasteiger partial charge is 0.374 e. The van der Waals surface area contributed by atoms with Crippen LogP contribution in [0.15, 0.2) is 0 Å². The van der Waals surface area contributed by atoms with Gasteiger partial charge in [-0.2, -0.15) is 0 Å². The highest BCUT2D eigenvalue weighted by molar-refractivity contribution is 6.73. The van der Waals surface area contributed by atoms with Gasteiger partial charge in [0.1, 0.15) is 0 Å². The van der Waals surface area contributed by atoms with Crippen molar-refractivity contribution in [1.82, 2.24) is 0 Å². The molecule has 104 valence electrons. The van der Waals surface area contributed by atoms with Gasteiger partial charge < -0.3 is 21.8 Å². The molecule has 0 radical (unpaired) electrons. The summed E-state index contributed by atoms with van der Waals surface area (Å²) in [5.74, 6) is 0. The lowest BCUT2D eigenvalue weighted by Gasteiger charge is -2.34. The van der Waals surface area contributed by atoms with Crippen LogP contribution in [0.5, 0.6) is 0 Å². The van der Waals surface area contributed by atoms with Gasteiger partial charge in [-0.1, -0.05) is 0 Å². The van der Waals surface area contributed by atoms with Gasteiger partial charge in [0.15, 0.2) is 0 Å². The molecule has 0 atom stereocenters. The Kier molecular flexibility index (Phi) is 8.47. The third-order valence-electron chi connectivity index (χ3n) is 2.00. The van der Waals surface area contributed by atoms with Gasteiger partial charge in [-0.15, -0.1) is 0 Å². The maximum Gasteiger partial charge on any atom is 0.490 e. The van der Waals surface area contributed by atoms with Crippen molar-refractivity contribution in [3.63, 3.8) is 0 Å². The summed E-state index contributed by atoms with van der Waals surface area (Å²) in [4.78, 5) is 0. The molecule has 0 heterocycles. The first kappa shape index (κ1) is 17.2. The molecule has 0 aliphatic carbocycles. The Balaban J connectivity index is 4.65. The van der Waals surface area contributed by atoms with Crippen LogP contribution in [0.25, 0.3) is 0 Å². The molecule has 0 unspecified atom stereocenters. The molecule has 7 heteroatoms. The Bertz CT molecular complexity index is 171. The van der Waals surface area contributed by atoms with Crippen LogP contribution in [0.3, 0.4) is 0 Å². The summed E-state index contributed by atoms with van der Waals surface area (Å²) in [5, 5.41) is 0. The van der Waals surface area contributed by atoms with Gasteiger partial charge in [0, 0.05) is 39.5 Å². The molecular formula is C10H26O5Si2. The summed E-state index contributed by atoms with van der Waals surface area (Å²) in [7, 11) is -5.30. The zero-order valence-corrected chi connectivity index (χ0v) is 13.9. The minimum absolute atomic E-state index is 0.561. The van der Waals surface area contributed by atoms with Crippen LogP contribution in [0.1, 0.15) is 27.7 Å². The average molecular weight is 282 g/mol. The first-order valence-corrected chi connectivity index (χ1v) is 10.7. The highest BCUT2D eigenvalue weighted by Gasteiger charge is 2.47. The van der Waals surface area contributed by atoms with Crippen LogP contribution in [0, 0.1) is 0 Å². The van der Waals surface area contributed by atoms with Crippen LogP contribution < -0.4 is 0 Å². The van der Waals surface area contributed by atoms with E-state index in [1.807, 2.05) is 40.8 Å². The molecule has 0 aromatic heterocycles. The molecule has 0 saturated carbocycles. The quantitative estimate of drug-likeness (QED) is 0.575. The Morgan fingerprint density at radius 1 is 0.588 bits per heavy atom. The van der Waals surface area contributed by atoms with Crippen molar-refractivity contribution >= 4 is 17.6 Å². The van der Waals surface area contributed by atoms with Crippen LogP contribution in [-0.4, -0.2) is 44.0 Å². The summed E-state index contributed by atoms with van der Waals surface area (Å²) in [5.41, 5.74) is 0. The maximum atomic E-state index is 5.98. The summed E-state index contributed by atoms with van der Waals surface area (Å²) in [6, 6.07) is 0. The molecule has 0 amide bonds. The van der Waals surface area contributed by atoms with E-state index in [0.717, 1.165) is 0 Å². The molecule has 5 nitrogen and oxygen atoms in total. The van der Waals surface area contributed by atoms with Gasteiger partial charge in [0.25, 0.3) is 0 Å². The zero-order chi connectivity index (χ0) is 13.4. The van der Waals surface area contributed by atoms with Crippen molar-refractivity contribution in [1.29, 1.82) is 0 Å². The molecule has 0 rings (SSSR count). The minimum atomic E-state index is -2.65. The second-order valence-corrected chi connectivity index (χ2v) is 8.98. The second kappa shape index (κ2) is 8.36. The van der Waals surface area contributed by atoms with Gasteiger partial charge in [-0.3, -0.25) is 0 Å². The predicted octanol–water partition coefficient (Wildman–Crippen LogP) is 2.29. The van der Waals surface area contributed by atoms with E-state index in [-0.39, 0.29) is 0 Å². The largest absolute Gasteiger partial charge is 0.490 e. The third-order valence-corrected chi connectivity index (χ3v) is 8.22. The summed E-state index contributed by atoms with van der Waals surface area (Å²) in [6.45, 7) is 13.7. The van der Waals surface area contributed by atoms with Crippen molar-refractivity contribution in [2.24, 2.45) is 0 Å². The molecule has 17 heavy (non-hydrogen) atoms. The van der Waals surface area contributed by atoms with Crippen molar-refractivity contribution in [2.75, 3.05) is 26.4 Å². The van der Waals surface area contributed by atoms with E-state index in [1.165, 1.54) is 0 Å². The van der Waals surface area contributed by atoms with Crippen LogP contribution in [0.2, 0.25) is 13.1 Å². The molecule has 0 aromatic carbocycles. The third kappa shape index (κ3) is 6.65. The van der Waals surface area contributed by atoms with Crippen LogP contribution >= 0.6 is 0 Å². The van der Waals surface area contributed by atoms with E-state index in [0.29, 0.717) is 26.4 Å². The summed E-state index contributed by atoms with van der Waals surface area (Å²) >= 11 is 0. The highest BCUT2D eigenvalue weighted by atomic mass is 28.5. The molecule has 0 saturated heterocycles. The molecule has 0 aliphatic heterocycles. The fourth-order valence-electron chi connectivity index (χ4n) is 1.59. The van der Waals surface area contributed by atoms with E-state index in [1.54, 1.807) is 0 Å². The molecule has 0 aliphatic rings. The summed E-state index contributed by atoms with van der Waals surface area (Å²) in [6.07, 6.45) is 0. The topological polar surface area (TPSA) is 46.2 Å². The Hall–Kier alpha value is 0.234. The zero-order valence-electron chi connectivity index (χ0n) is 11.9. The SMILES string of the molecule is CCO[Si](C)(OCC)O[Si](C)(OCC)OCC. The minimum Gasteiger partial charge on any atom is -0.374 e. The molecular weight excluding hydrogens is 256 g/mol. The average Bonchev–Trinajstić information content (AvgIpc) is 2.17. The molecule has 0 N–H and O–H groups in total. The second-order valence-electron chi connectivity index (χ2n) is 3.56. The lowest BCUT2D eigenvalue weighted by molar-refractivity contribution is 0.0580. The lowest BCUT2D eigenvalue weighted by atomic mass is 10.9. The number of hydrogen-bond donors (Lipinski definition) is 0. The van der Waals surface area contributed by atoms with E-state index in [9.17, 15) is 0 Å². The van der Waals surface area contributed by atoms with Gasteiger partial charge in [0.05, 0.1) is 0 Å². The molecule has 0 aromatic rings. The first-order chi connectivity index (χ1) is 7.95. The molecule has 0 fully saturated rings. The van der Waals surface area contributed by atoms with Gasteiger partial charge in [-0.05, 0) is 27.7 Å². The Labute approximate surface area is 107 Å². The predicted molar refractivity (Wildman–Crippen MR) is 70.8 cm³/mol. The monoisotopic (exact) mass is 282 g/mol. The highest BCUT2D eigenvalue weighted by Crippen LogP contribution is 2.19. The Morgan fingerprint density at radius 3 is 1.00 bits per heavy atom. The van der Waals surface area contributed by atoms with Crippen molar-refractivity contribution in [3.05, 3.63) is 0 Å². The van der Waals surface area contributed by atoms with Gasteiger partial charge in [-0.25, -0.2) is 0 Å². The maximum absolute atomic E-state index is 5.98. The molecule has 0 bridgehead atoms. The standard InChI is InChI=1S/C10H26O5Si2/c1-7-11-16(5,12-8-2)15-17(6,13-9-3)14-10-4/h7-10H2,1-6H3. The van der Waals surface area contributed by atoms with Gasteiger partial charge >= 0.3 is 17.6 Å². The number of rotatable bonds is 10. The van der Waals surface area contributed by atoms with Crippen LogP contribution in [0.4, 0.5) is 0 Å². The fraction of sp³-hybridized carbons (Fsp3) is 1.00. The molecule has 0 spiro atoms. The number of hydrogen-bond acceptors (Lipinski definition) is 5. The van der Waals surface area contributed by atoms with Gasteiger partial charge in [0.2, 0.25) is 0 Å². The summed E-state index contributed by atoms with van der Waals surface area (Å²) < 4.78 is 28.5. The van der Waals surface area contributed by atoms with Crippen molar-refractivity contribution in [2.45, 2.75) is 40.8 Å². The normalized spacial score (nSPS) is 13.1. The van der Waals surface area contributed by atoms with E-state index >= 15 is 0 Å². The fourth-order valence-corrected chi connectivity index (χ4v) is 7.49. The van der Waals surface area contributed by atoms with E-state index in [2.05, 4.69) is 0 Å². The van der Waals surface area contributed by atoms with E-state index < -0.39 is 17.6 Å². The van der Waals surface area contributed by atoms with E-state index in [4.69, 9.17) is 21.8 Å². The van der Waals surface area contributed by atoms with Crippen molar-refractivity contribution < 1.29 is 21.8 Å². The lowest BCUT2D eigenvalue weighted by Crippen LogP contribution is -2.55. The van der Waals surface area contributed by atoms with Crippen molar-refractivity contribution in [3.8, 4) is 0 Å².